The largest absolute Gasteiger partial charge is 0.493 e. The zero-order valence-corrected chi connectivity index (χ0v) is 19.4. The lowest BCUT2D eigenvalue weighted by Crippen LogP contribution is -2.31. The first-order chi connectivity index (χ1) is 16.0. The smallest absolute Gasteiger partial charge is 0.410 e. The lowest BCUT2D eigenvalue weighted by atomic mass is 10.1. The fraction of sp³-hybridized carbons (Fsp3) is 0.440. The Balaban J connectivity index is 1.40. The highest BCUT2D eigenvalue weighted by atomic mass is 16.6. The third-order valence-corrected chi connectivity index (χ3v) is 5.56. The molecule has 1 heterocycles. The van der Waals surface area contributed by atoms with Gasteiger partial charge in [-0.05, 0) is 42.5 Å². The normalized spacial score (nSPS) is 15.1. The number of benzene rings is 2. The first-order valence-corrected chi connectivity index (χ1v) is 11.0. The van der Waals surface area contributed by atoms with Gasteiger partial charge in [0.25, 0.3) is 0 Å². The van der Waals surface area contributed by atoms with Gasteiger partial charge < -0.3 is 28.6 Å². The molecule has 8 nitrogen and oxygen atoms in total. The van der Waals surface area contributed by atoms with Crippen molar-refractivity contribution >= 4 is 12.1 Å². The van der Waals surface area contributed by atoms with Crippen molar-refractivity contribution in [2.45, 2.75) is 25.9 Å². The molecule has 0 radical (unpaired) electrons. The molecule has 1 atom stereocenters. The third kappa shape index (κ3) is 6.54. The number of carbonyl (C=O) groups is 2. The molecule has 1 fully saturated rings. The first kappa shape index (κ1) is 24.2. The number of nitrogens with zero attached hydrogens (tertiary/aromatic N) is 1. The predicted octanol–water partition coefficient (Wildman–Crippen LogP) is 3.85. The van der Waals surface area contributed by atoms with Gasteiger partial charge in [0.1, 0.15) is 6.61 Å². The average Bonchev–Trinajstić information content (AvgIpc) is 3.35. The summed E-state index contributed by atoms with van der Waals surface area (Å²) in [5.74, 6) is 1.13. The van der Waals surface area contributed by atoms with E-state index >= 15 is 0 Å². The van der Waals surface area contributed by atoms with Crippen LogP contribution in [0.3, 0.4) is 0 Å². The molecule has 2 aromatic rings. The van der Waals surface area contributed by atoms with Gasteiger partial charge in [-0.1, -0.05) is 30.3 Å². The van der Waals surface area contributed by atoms with E-state index in [9.17, 15) is 9.59 Å². The Hall–Kier alpha value is -3.42. The van der Waals surface area contributed by atoms with Crippen LogP contribution in [0.1, 0.15) is 24.0 Å². The highest BCUT2D eigenvalue weighted by molar-refractivity contribution is 5.75. The highest BCUT2D eigenvalue weighted by Gasteiger charge is 2.32. The molecule has 1 amide bonds. The number of amides is 1. The molecular formula is C25H31NO7. The van der Waals surface area contributed by atoms with Gasteiger partial charge in [0, 0.05) is 13.1 Å². The SMILES string of the molecule is COc1cc(CCCOC(=O)[C@@H]2CCN(C(=O)OCc3ccccc3)C2)cc(OC)c1OC. The zero-order chi connectivity index (χ0) is 23.6. The van der Waals surface area contributed by atoms with Crippen molar-refractivity contribution < 1.29 is 33.3 Å². The molecule has 33 heavy (non-hydrogen) atoms. The maximum absolute atomic E-state index is 12.4. The molecule has 1 saturated heterocycles. The van der Waals surface area contributed by atoms with Crippen molar-refractivity contribution in [2.24, 2.45) is 5.92 Å². The van der Waals surface area contributed by atoms with Crippen LogP contribution in [0.5, 0.6) is 17.2 Å². The number of hydrogen-bond acceptors (Lipinski definition) is 7. The molecular weight excluding hydrogens is 426 g/mol. The van der Waals surface area contributed by atoms with Crippen LogP contribution in [0.15, 0.2) is 42.5 Å². The third-order valence-electron chi connectivity index (χ3n) is 5.56. The molecule has 3 rings (SSSR count). The summed E-state index contributed by atoms with van der Waals surface area (Å²) < 4.78 is 26.9. The summed E-state index contributed by atoms with van der Waals surface area (Å²) in [6.45, 7) is 1.31. The Morgan fingerprint density at radius 2 is 1.64 bits per heavy atom. The summed E-state index contributed by atoms with van der Waals surface area (Å²) in [7, 11) is 4.71. The second-order valence-corrected chi connectivity index (χ2v) is 7.78. The van der Waals surface area contributed by atoms with Gasteiger partial charge in [0.2, 0.25) is 5.75 Å². The zero-order valence-electron chi connectivity index (χ0n) is 19.4. The van der Waals surface area contributed by atoms with E-state index in [0.29, 0.717) is 56.2 Å². The van der Waals surface area contributed by atoms with Crippen molar-refractivity contribution in [3.8, 4) is 17.2 Å². The van der Waals surface area contributed by atoms with Crippen molar-refractivity contribution in [1.82, 2.24) is 4.90 Å². The van der Waals surface area contributed by atoms with Gasteiger partial charge in [-0.2, -0.15) is 0 Å². The van der Waals surface area contributed by atoms with Crippen LogP contribution in [0, 0.1) is 5.92 Å². The number of methoxy groups -OCH3 is 3. The fourth-order valence-electron chi connectivity index (χ4n) is 3.78. The average molecular weight is 458 g/mol. The molecule has 8 heteroatoms. The number of carbonyl (C=O) groups excluding carboxylic acids is 2. The van der Waals surface area contributed by atoms with Crippen molar-refractivity contribution in [3.63, 3.8) is 0 Å². The highest BCUT2D eigenvalue weighted by Crippen LogP contribution is 2.38. The summed E-state index contributed by atoms with van der Waals surface area (Å²) in [6, 6.07) is 13.3. The molecule has 0 saturated carbocycles. The van der Waals surface area contributed by atoms with Crippen LogP contribution in [-0.2, 0) is 27.3 Å². The predicted molar refractivity (Wildman–Crippen MR) is 122 cm³/mol. The molecule has 0 bridgehead atoms. The minimum Gasteiger partial charge on any atom is -0.493 e. The molecule has 2 aromatic carbocycles. The monoisotopic (exact) mass is 457 g/mol. The van der Waals surface area contributed by atoms with Crippen molar-refractivity contribution in [1.29, 1.82) is 0 Å². The summed E-state index contributed by atoms with van der Waals surface area (Å²) in [6.07, 6.45) is 1.51. The number of hydrogen-bond donors (Lipinski definition) is 0. The Kier molecular flexibility index (Phi) is 8.80. The quantitative estimate of drug-likeness (QED) is 0.396. The van der Waals surface area contributed by atoms with E-state index in [1.165, 1.54) is 0 Å². The lowest BCUT2D eigenvalue weighted by molar-refractivity contribution is -0.148. The first-order valence-electron chi connectivity index (χ1n) is 11.0. The van der Waals surface area contributed by atoms with Crippen LogP contribution in [0.2, 0.25) is 0 Å². The molecule has 0 unspecified atom stereocenters. The van der Waals surface area contributed by atoms with E-state index in [2.05, 4.69) is 0 Å². The van der Waals surface area contributed by atoms with Gasteiger partial charge >= 0.3 is 12.1 Å². The lowest BCUT2D eigenvalue weighted by Gasteiger charge is -2.16. The molecule has 0 spiro atoms. The molecule has 1 aliphatic heterocycles. The maximum atomic E-state index is 12.4. The standard InChI is InChI=1S/C25H31NO7/c1-29-21-14-19(15-22(30-2)23(21)31-3)10-7-13-32-24(27)20-11-12-26(16-20)25(28)33-17-18-8-5-4-6-9-18/h4-6,8-9,14-15,20H,7,10-13,16-17H2,1-3H3/t20-/m1/s1. The number of aryl methyl sites for hydroxylation is 1. The van der Waals surface area contributed by atoms with E-state index in [0.717, 1.165) is 11.1 Å². The van der Waals surface area contributed by atoms with Gasteiger partial charge in [-0.25, -0.2) is 4.79 Å². The van der Waals surface area contributed by atoms with Gasteiger partial charge in [-0.3, -0.25) is 4.79 Å². The topological polar surface area (TPSA) is 83.5 Å². The summed E-state index contributed by atoms with van der Waals surface area (Å²) >= 11 is 0. The summed E-state index contributed by atoms with van der Waals surface area (Å²) in [4.78, 5) is 26.3. The van der Waals surface area contributed by atoms with Crippen LogP contribution in [-0.4, -0.2) is 58.0 Å². The second kappa shape index (κ2) is 12.0. The molecule has 0 N–H and O–H groups in total. The molecule has 0 aliphatic carbocycles. The van der Waals surface area contributed by atoms with Crippen LogP contribution >= 0.6 is 0 Å². The van der Waals surface area contributed by atoms with E-state index in [1.54, 1.807) is 26.2 Å². The van der Waals surface area contributed by atoms with Crippen molar-refractivity contribution in [2.75, 3.05) is 41.0 Å². The molecule has 178 valence electrons. The van der Waals surface area contributed by atoms with Gasteiger partial charge in [-0.15, -0.1) is 0 Å². The Labute approximate surface area is 194 Å². The number of rotatable bonds is 10. The van der Waals surface area contributed by atoms with Crippen LogP contribution in [0.25, 0.3) is 0 Å². The van der Waals surface area contributed by atoms with E-state index in [-0.39, 0.29) is 18.5 Å². The van der Waals surface area contributed by atoms with E-state index in [1.807, 2.05) is 42.5 Å². The number of likely N-dealkylation sites (tertiary alicyclic amines) is 1. The van der Waals surface area contributed by atoms with E-state index < -0.39 is 6.09 Å². The Morgan fingerprint density at radius 1 is 0.939 bits per heavy atom. The summed E-state index contributed by atoms with van der Waals surface area (Å²) in [5.41, 5.74) is 1.92. The molecule has 0 aromatic heterocycles. The van der Waals surface area contributed by atoms with Crippen LogP contribution < -0.4 is 14.2 Å². The fourth-order valence-corrected chi connectivity index (χ4v) is 3.78. The second-order valence-electron chi connectivity index (χ2n) is 7.78. The number of ether oxygens (including phenoxy) is 5. The molecule has 1 aliphatic rings. The minimum atomic E-state index is -0.406. The van der Waals surface area contributed by atoms with Gasteiger partial charge in [0.15, 0.2) is 11.5 Å². The van der Waals surface area contributed by atoms with Crippen molar-refractivity contribution in [3.05, 3.63) is 53.6 Å². The number of esters is 1. The maximum Gasteiger partial charge on any atom is 0.410 e. The Morgan fingerprint density at radius 3 is 2.27 bits per heavy atom. The van der Waals surface area contributed by atoms with Gasteiger partial charge in [0.05, 0.1) is 33.9 Å². The minimum absolute atomic E-state index is 0.215. The Bertz CT molecular complexity index is 907. The van der Waals surface area contributed by atoms with E-state index in [4.69, 9.17) is 23.7 Å². The van der Waals surface area contributed by atoms with Crippen LogP contribution in [0.4, 0.5) is 4.79 Å². The summed E-state index contributed by atoms with van der Waals surface area (Å²) in [5, 5.41) is 0.